The summed E-state index contributed by atoms with van der Waals surface area (Å²) in [7, 11) is 3.04. The molecule has 2 heterocycles. The maximum absolute atomic E-state index is 12.8. The van der Waals surface area contributed by atoms with Crippen molar-refractivity contribution in [2.75, 3.05) is 19.5 Å². The first kappa shape index (κ1) is 17.1. The highest BCUT2D eigenvalue weighted by atomic mass is 16.5. The highest BCUT2D eigenvalue weighted by Crippen LogP contribution is 2.47. The molecule has 1 aromatic carbocycles. The molecule has 3 N–H and O–H groups in total. The molecule has 2 aromatic rings. The smallest absolute Gasteiger partial charge is 0.327 e. The molecular weight excluding hydrogens is 350 g/mol. The van der Waals surface area contributed by atoms with E-state index in [9.17, 15) is 14.4 Å². The third-order valence-electron chi connectivity index (χ3n) is 5.03. The molecular formula is C19H19N3O5. The summed E-state index contributed by atoms with van der Waals surface area (Å²) in [5, 5.41) is 3.09. The third-order valence-corrected chi connectivity index (χ3v) is 5.03. The standard InChI is InChI=1S/C19H19N3O5/c1-26-12-8-3-5-9(16(12)27-2)13-14-10(6-4-7-11(14)23)20-17-15(13)18(24)22-19(25)21-17/h3,5,8,13H,4,6-7H2,1-2H3,(H3,20,21,22,24,25)/t13-/m1/s1. The van der Waals surface area contributed by atoms with Gasteiger partial charge in [-0.1, -0.05) is 12.1 Å². The summed E-state index contributed by atoms with van der Waals surface area (Å²) in [6.07, 6.45) is 1.80. The molecule has 0 fully saturated rings. The van der Waals surface area contributed by atoms with Gasteiger partial charge in [0, 0.05) is 23.3 Å². The lowest BCUT2D eigenvalue weighted by Gasteiger charge is -2.33. The summed E-state index contributed by atoms with van der Waals surface area (Å²) in [6.45, 7) is 0. The first-order valence-electron chi connectivity index (χ1n) is 8.65. The Morgan fingerprint density at radius 1 is 1.04 bits per heavy atom. The summed E-state index contributed by atoms with van der Waals surface area (Å²) >= 11 is 0. The van der Waals surface area contributed by atoms with Crippen molar-refractivity contribution in [2.45, 2.75) is 25.2 Å². The van der Waals surface area contributed by atoms with Crippen LogP contribution in [-0.4, -0.2) is 30.0 Å². The molecule has 1 aromatic heterocycles. The second kappa shape index (κ2) is 6.46. The molecule has 0 unspecified atom stereocenters. The second-order valence-electron chi connectivity index (χ2n) is 6.51. The predicted octanol–water partition coefficient (Wildman–Crippen LogP) is 1.64. The number of carbonyl (C=O) groups is 1. The van der Waals surface area contributed by atoms with Gasteiger partial charge in [-0.25, -0.2) is 4.79 Å². The Bertz CT molecular complexity index is 1080. The number of aromatic amines is 2. The fourth-order valence-corrected chi connectivity index (χ4v) is 3.94. The summed E-state index contributed by atoms with van der Waals surface area (Å²) < 4.78 is 10.9. The van der Waals surface area contributed by atoms with E-state index in [1.165, 1.54) is 14.2 Å². The van der Waals surface area contributed by atoms with Crippen molar-refractivity contribution in [1.29, 1.82) is 0 Å². The van der Waals surface area contributed by atoms with Gasteiger partial charge in [0.1, 0.15) is 5.82 Å². The van der Waals surface area contributed by atoms with Gasteiger partial charge in [0.2, 0.25) is 0 Å². The molecule has 0 amide bonds. The van der Waals surface area contributed by atoms with Crippen LogP contribution >= 0.6 is 0 Å². The number of carbonyl (C=O) groups excluding carboxylic acids is 1. The maximum Gasteiger partial charge on any atom is 0.327 e. The number of methoxy groups -OCH3 is 2. The zero-order valence-corrected chi connectivity index (χ0v) is 15.0. The van der Waals surface area contributed by atoms with Crippen LogP contribution in [0, 0.1) is 0 Å². The van der Waals surface area contributed by atoms with Gasteiger partial charge in [0.25, 0.3) is 5.56 Å². The number of allylic oxidation sites excluding steroid dienone is 2. The zero-order valence-electron chi connectivity index (χ0n) is 15.0. The lowest BCUT2D eigenvalue weighted by atomic mass is 9.76. The van der Waals surface area contributed by atoms with Crippen molar-refractivity contribution < 1.29 is 14.3 Å². The van der Waals surface area contributed by atoms with E-state index in [1.54, 1.807) is 18.2 Å². The Morgan fingerprint density at radius 3 is 2.59 bits per heavy atom. The molecule has 1 aliphatic heterocycles. The van der Waals surface area contributed by atoms with Crippen LogP contribution in [0.2, 0.25) is 0 Å². The number of fused-ring (bicyclic) bond motifs is 1. The van der Waals surface area contributed by atoms with Crippen LogP contribution in [-0.2, 0) is 4.79 Å². The van der Waals surface area contributed by atoms with Crippen LogP contribution in [0.4, 0.5) is 5.82 Å². The van der Waals surface area contributed by atoms with Crippen molar-refractivity contribution in [1.82, 2.24) is 9.97 Å². The molecule has 1 aliphatic carbocycles. The predicted molar refractivity (Wildman–Crippen MR) is 98.6 cm³/mol. The molecule has 2 aliphatic rings. The van der Waals surface area contributed by atoms with Crippen LogP contribution in [0.1, 0.15) is 36.3 Å². The molecule has 8 nitrogen and oxygen atoms in total. The van der Waals surface area contributed by atoms with Crippen molar-refractivity contribution in [3.05, 3.63) is 61.4 Å². The number of ether oxygens (including phenoxy) is 2. The van der Waals surface area contributed by atoms with Crippen molar-refractivity contribution >= 4 is 11.6 Å². The molecule has 140 valence electrons. The number of nitrogens with one attached hydrogen (secondary N) is 3. The fraction of sp³-hybridized carbons (Fsp3) is 0.316. The van der Waals surface area contributed by atoms with Gasteiger partial charge in [-0.3, -0.25) is 19.6 Å². The maximum atomic E-state index is 12.8. The minimum absolute atomic E-state index is 0.0186. The van der Waals surface area contributed by atoms with Crippen LogP contribution in [0.3, 0.4) is 0 Å². The number of ketones is 1. The monoisotopic (exact) mass is 369 g/mol. The van der Waals surface area contributed by atoms with Gasteiger partial charge >= 0.3 is 5.69 Å². The Balaban J connectivity index is 2.06. The van der Waals surface area contributed by atoms with Crippen molar-refractivity contribution in [3.63, 3.8) is 0 Å². The number of H-pyrrole nitrogens is 2. The highest BCUT2D eigenvalue weighted by Gasteiger charge is 2.39. The van der Waals surface area contributed by atoms with Crippen LogP contribution in [0.15, 0.2) is 39.1 Å². The van der Waals surface area contributed by atoms with Crippen LogP contribution in [0.5, 0.6) is 11.5 Å². The van der Waals surface area contributed by atoms with Gasteiger partial charge in [-0.15, -0.1) is 0 Å². The van der Waals surface area contributed by atoms with E-state index in [4.69, 9.17) is 9.47 Å². The average molecular weight is 369 g/mol. The topological polar surface area (TPSA) is 113 Å². The van der Waals surface area contributed by atoms with E-state index in [0.29, 0.717) is 41.3 Å². The molecule has 4 rings (SSSR count). The Kier molecular flexibility index (Phi) is 4.10. The van der Waals surface area contributed by atoms with Crippen LogP contribution < -0.4 is 26.0 Å². The van der Waals surface area contributed by atoms with Gasteiger partial charge in [0.15, 0.2) is 17.3 Å². The van der Waals surface area contributed by atoms with E-state index in [-0.39, 0.29) is 11.3 Å². The summed E-state index contributed by atoms with van der Waals surface area (Å²) in [5.41, 5.74) is 1.05. The molecule has 0 bridgehead atoms. The number of Topliss-reactive ketones (excluding diaryl/α,β-unsaturated/α-hetero) is 1. The molecule has 0 spiro atoms. The highest BCUT2D eigenvalue weighted by molar-refractivity contribution is 6.01. The first-order chi connectivity index (χ1) is 13.0. The van der Waals surface area contributed by atoms with E-state index >= 15 is 0 Å². The molecule has 0 saturated carbocycles. The van der Waals surface area contributed by atoms with E-state index in [0.717, 1.165) is 12.1 Å². The normalized spacial score (nSPS) is 18.4. The zero-order chi connectivity index (χ0) is 19.1. The quantitative estimate of drug-likeness (QED) is 0.758. The number of anilines is 1. The van der Waals surface area contributed by atoms with Gasteiger partial charge in [-0.2, -0.15) is 0 Å². The Hall–Kier alpha value is -3.29. The lowest BCUT2D eigenvalue weighted by molar-refractivity contribution is -0.116. The summed E-state index contributed by atoms with van der Waals surface area (Å²) in [4.78, 5) is 42.2. The summed E-state index contributed by atoms with van der Waals surface area (Å²) in [6, 6.07) is 5.34. The molecule has 1 atom stereocenters. The van der Waals surface area contributed by atoms with Gasteiger partial charge in [0.05, 0.1) is 25.7 Å². The second-order valence-corrected chi connectivity index (χ2v) is 6.51. The lowest BCUT2D eigenvalue weighted by Crippen LogP contribution is -2.36. The van der Waals surface area contributed by atoms with Gasteiger partial charge in [-0.05, 0) is 18.9 Å². The largest absolute Gasteiger partial charge is 0.493 e. The number of rotatable bonds is 3. The number of para-hydroxylation sites is 1. The molecule has 27 heavy (non-hydrogen) atoms. The first-order valence-corrected chi connectivity index (χ1v) is 8.65. The number of benzene rings is 1. The number of hydrogen-bond donors (Lipinski definition) is 3. The van der Waals surface area contributed by atoms with E-state index in [1.807, 2.05) is 0 Å². The number of aromatic nitrogens is 2. The van der Waals surface area contributed by atoms with Crippen molar-refractivity contribution in [2.24, 2.45) is 0 Å². The SMILES string of the molecule is COc1cccc([C@@H]2C3=C(CCCC3=O)Nc3[nH]c(=O)[nH]c(=O)c32)c1OC. The third kappa shape index (κ3) is 2.64. The Morgan fingerprint density at radius 2 is 1.85 bits per heavy atom. The summed E-state index contributed by atoms with van der Waals surface area (Å²) in [5.74, 6) is 0.590. The fourth-order valence-electron chi connectivity index (χ4n) is 3.94. The van der Waals surface area contributed by atoms with Crippen LogP contribution in [0.25, 0.3) is 0 Å². The van der Waals surface area contributed by atoms with E-state index < -0.39 is 17.2 Å². The van der Waals surface area contributed by atoms with E-state index in [2.05, 4.69) is 15.3 Å². The molecule has 0 saturated heterocycles. The van der Waals surface area contributed by atoms with Gasteiger partial charge < -0.3 is 14.8 Å². The Labute approximate surface area is 154 Å². The number of hydrogen-bond acceptors (Lipinski definition) is 6. The average Bonchev–Trinajstić information content (AvgIpc) is 2.65. The van der Waals surface area contributed by atoms with Crippen molar-refractivity contribution in [3.8, 4) is 11.5 Å². The minimum atomic E-state index is -0.658. The minimum Gasteiger partial charge on any atom is -0.493 e. The molecule has 0 radical (unpaired) electrons. The molecule has 8 heteroatoms.